The van der Waals surface area contributed by atoms with Gasteiger partial charge >= 0.3 is 5.97 Å². The first kappa shape index (κ1) is 24.6. The second-order valence-electron chi connectivity index (χ2n) is 7.11. The van der Waals surface area contributed by atoms with E-state index in [1.165, 1.54) is 17.8 Å². The molecule has 2 rings (SSSR count). The molecule has 1 fully saturated rings. The molecule has 164 valence electrons. The molecule has 6 nitrogen and oxygen atoms in total. The summed E-state index contributed by atoms with van der Waals surface area (Å²) in [6.07, 6.45) is 7.07. The number of halogens is 2. The molecule has 1 aliphatic rings. The number of hydrogen-bond acceptors (Lipinski definition) is 4. The van der Waals surface area contributed by atoms with Crippen molar-refractivity contribution in [3.05, 3.63) is 33.8 Å². The van der Waals surface area contributed by atoms with Gasteiger partial charge in [0.25, 0.3) is 0 Å². The van der Waals surface area contributed by atoms with E-state index < -0.39 is 12.0 Å². The predicted molar refractivity (Wildman–Crippen MR) is 121 cm³/mol. The predicted octanol–water partition coefficient (Wildman–Crippen LogP) is 4.34. The highest BCUT2D eigenvalue weighted by Crippen LogP contribution is 2.35. The van der Waals surface area contributed by atoms with Gasteiger partial charge in [0.15, 0.2) is 0 Å². The van der Waals surface area contributed by atoms with Crippen LogP contribution in [0.5, 0.6) is 0 Å². The Bertz CT molecular complexity index is 823. The Morgan fingerprint density at radius 1 is 1.27 bits per heavy atom. The van der Waals surface area contributed by atoms with Crippen LogP contribution in [-0.2, 0) is 14.4 Å². The van der Waals surface area contributed by atoms with E-state index in [0.29, 0.717) is 54.4 Å². The topological polar surface area (TPSA) is 86.7 Å². The van der Waals surface area contributed by atoms with Gasteiger partial charge in [-0.3, -0.25) is 9.59 Å². The third-order valence-electron chi connectivity index (χ3n) is 5.07. The fraction of sp³-hybridized carbons (Fsp3) is 0.476. The highest BCUT2D eigenvalue weighted by molar-refractivity contribution is 7.98. The van der Waals surface area contributed by atoms with Crippen LogP contribution in [0.1, 0.15) is 38.2 Å². The number of carbonyl (C=O) groups is 3. The van der Waals surface area contributed by atoms with Crippen LogP contribution in [0, 0.1) is 5.92 Å². The van der Waals surface area contributed by atoms with Crippen LogP contribution in [0.15, 0.2) is 23.1 Å². The lowest BCUT2D eigenvalue weighted by atomic mass is 9.95. The van der Waals surface area contributed by atoms with Gasteiger partial charge in [0.2, 0.25) is 11.8 Å². The summed E-state index contributed by atoms with van der Waals surface area (Å²) in [5, 5.41) is 12.7. The molecule has 2 N–H and O–H groups in total. The Morgan fingerprint density at radius 2 is 1.93 bits per heavy atom. The second kappa shape index (κ2) is 11.6. The number of hydrogen-bond donors (Lipinski definition) is 2. The van der Waals surface area contributed by atoms with E-state index in [9.17, 15) is 19.5 Å². The van der Waals surface area contributed by atoms with Gasteiger partial charge < -0.3 is 15.3 Å². The maximum absolute atomic E-state index is 12.5. The first-order chi connectivity index (χ1) is 14.3. The van der Waals surface area contributed by atoms with Gasteiger partial charge in [-0.25, -0.2) is 4.79 Å². The average molecular weight is 473 g/mol. The molecule has 0 spiro atoms. The van der Waals surface area contributed by atoms with Crippen LogP contribution in [-0.4, -0.2) is 53.2 Å². The first-order valence-corrected chi connectivity index (χ1v) is 11.8. The van der Waals surface area contributed by atoms with Gasteiger partial charge in [-0.15, -0.1) is 11.8 Å². The van der Waals surface area contributed by atoms with Gasteiger partial charge in [-0.1, -0.05) is 42.6 Å². The molecule has 1 atom stereocenters. The Hall–Kier alpha value is -1.70. The van der Waals surface area contributed by atoms with E-state index in [1.807, 2.05) is 25.3 Å². The maximum Gasteiger partial charge on any atom is 0.326 e. The third kappa shape index (κ3) is 6.40. The number of nitrogens with one attached hydrogen (secondary N) is 1. The minimum Gasteiger partial charge on any atom is -0.480 e. The van der Waals surface area contributed by atoms with Crippen molar-refractivity contribution in [2.75, 3.05) is 19.3 Å². The van der Waals surface area contributed by atoms with Crippen molar-refractivity contribution in [2.24, 2.45) is 5.92 Å². The van der Waals surface area contributed by atoms with Crippen LogP contribution >= 0.6 is 35.0 Å². The lowest BCUT2D eigenvalue weighted by Crippen LogP contribution is -2.47. The molecule has 0 saturated carbocycles. The van der Waals surface area contributed by atoms with Gasteiger partial charge in [0, 0.05) is 30.0 Å². The summed E-state index contributed by atoms with van der Waals surface area (Å²) in [4.78, 5) is 38.6. The highest BCUT2D eigenvalue weighted by atomic mass is 35.5. The van der Waals surface area contributed by atoms with Crippen LogP contribution < -0.4 is 5.32 Å². The molecule has 9 heteroatoms. The summed E-state index contributed by atoms with van der Waals surface area (Å²) in [6.45, 7) is 2.75. The smallest absolute Gasteiger partial charge is 0.326 e. The minimum atomic E-state index is -1.02. The SMILES string of the molecule is CCCC(NC(=O)C1CCN(C(=O)C=Cc2ccc(SC)c(Cl)c2Cl)CC1)C(=O)O. The fourth-order valence-corrected chi connectivity index (χ4v) is 4.47. The zero-order valence-corrected chi connectivity index (χ0v) is 19.3. The van der Waals surface area contributed by atoms with Crippen molar-refractivity contribution < 1.29 is 19.5 Å². The van der Waals surface area contributed by atoms with Gasteiger partial charge in [0.1, 0.15) is 6.04 Å². The molecule has 1 saturated heterocycles. The number of benzene rings is 1. The number of likely N-dealkylation sites (tertiary alicyclic amines) is 1. The average Bonchev–Trinajstić information content (AvgIpc) is 2.74. The van der Waals surface area contributed by atoms with E-state index in [0.717, 1.165) is 4.90 Å². The molecule has 1 aromatic carbocycles. The van der Waals surface area contributed by atoms with Crippen molar-refractivity contribution >= 4 is 58.8 Å². The van der Waals surface area contributed by atoms with Gasteiger partial charge in [-0.2, -0.15) is 0 Å². The zero-order valence-electron chi connectivity index (χ0n) is 17.0. The molecule has 30 heavy (non-hydrogen) atoms. The highest BCUT2D eigenvalue weighted by Gasteiger charge is 2.29. The maximum atomic E-state index is 12.5. The van der Waals surface area contributed by atoms with Crippen LogP contribution in [0.3, 0.4) is 0 Å². The Balaban J connectivity index is 1.91. The molecule has 0 aliphatic carbocycles. The summed E-state index contributed by atoms with van der Waals surface area (Å²) >= 11 is 14.0. The molecule has 1 heterocycles. The largest absolute Gasteiger partial charge is 0.480 e. The van der Waals surface area contributed by atoms with Gasteiger partial charge in [-0.05, 0) is 43.2 Å². The zero-order chi connectivity index (χ0) is 22.3. The number of piperidine rings is 1. The number of rotatable bonds is 8. The lowest BCUT2D eigenvalue weighted by Gasteiger charge is -2.31. The Kier molecular flexibility index (Phi) is 9.52. The summed E-state index contributed by atoms with van der Waals surface area (Å²) < 4.78 is 0. The van der Waals surface area contributed by atoms with E-state index >= 15 is 0 Å². The van der Waals surface area contributed by atoms with E-state index in [4.69, 9.17) is 23.2 Å². The number of carboxylic acid groups (broad SMARTS) is 1. The Morgan fingerprint density at radius 3 is 2.50 bits per heavy atom. The monoisotopic (exact) mass is 472 g/mol. The molecular formula is C21H26Cl2N2O4S. The number of thioether (sulfide) groups is 1. The first-order valence-electron chi connectivity index (χ1n) is 9.80. The number of amides is 2. The number of nitrogens with zero attached hydrogens (tertiary/aromatic N) is 1. The number of carbonyl (C=O) groups excluding carboxylic acids is 2. The quantitative estimate of drug-likeness (QED) is 0.434. The summed E-state index contributed by atoms with van der Waals surface area (Å²) in [5.41, 5.74) is 0.665. The molecular weight excluding hydrogens is 447 g/mol. The lowest BCUT2D eigenvalue weighted by molar-refractivity contribution is -0.143. The van der Waals surface area contributed by atoms with Crippen LogP contribution in [0.25, 0.3) is 6.08 Å². The van der Waals surface area contributed by atoms with Crippen molar-refractivity contribution in [3.63, 3.8) is 0 Å². The van der Waals surface area contributed by atoms with E-state index in [-0.39, 0.29) is 17.7 Å². The molecule has 2 amide bonds. The minimum absolute atomic E-state index is 0.163. The van der Waals surface area contributed by atoms with Crippen molar-refractivity contribution in [1.82, 2.24) is 10.2 Å². The van der Waals surface area contributed by atoms with E-state index in [2.05, 4.69) is 5.32 Å². The fourth-order valence-electron chi connectivity index (χ4n) is 3.30. The molecule has 0 radical (unpaired) electrons. The third-order valence-corrected chi connectivity index (χ3v) is 6.86. The molecule has 0 aromatic heterocycles. The standard InChI is InChI=1S/C21H26Cl2N2O4S/c1-3-4-15(21(28)29)24-20(27)14-9-11-25(12-10-14)17(26)8-6-13-5-7-16(30-2)19(23)18(13)22/h5-8,14-15H,3-4,9-12H2,1-2H3,(H,24,27)(H,28,29). The number of carboxylic acids is 1. The van der Waals surface area contributed by atoms with Crippen LogP contribution in [0.2, 0.25) is 10.0 Å². The van der Waals surface area contributed by atoms with Crippen molar-refractivity contribution in [2.45, 2.75) is 43.5 Å². The molecule has 0 bridgehead atoms. The van der Waals surface area contributed by atoms with Gasteiger partial charge in [0.05, 0.1) is 10.0 Å². The summed E-state index contributed by atoms with van der Waals surface area (Å²) in [7, 11) is 0. The Labute approximate surface area is 191 Å². The normalized spacial score (nSPS) is 15.9. The number of aliphatic carboxylic acids is 1. The molecule has 1 unspecified atom stereocenters. The summed E-state index contributed by atoms with van der Waals surface area (Å²) in [6, 6.07) is 2.81. The van der Waals surface area contributed by atoms with Crippen LogP contribution in [0.4, 0.5) is 0 Å². The summed E-state index contributed by atoms with van der Waals surface area (Å²) in [5.74, 6) is -1.73. The van der Waals surface area contributed by atoms with Crippen molar-refractivity contribution in [3.8, 4) is 0 Å². The molecule has 1 aliphatic heterocycles. The van der Waals surface area contributed by atoms with E-state index in [1.54, 1.807) is 11.0 Å². The molecule has 1 aromatic rings. The van der Waals surface area contributed by atoms with Crippen molar-refractivity contribution in [1.29, 1.82) is 0 Å². The second-order valence-corrected chi connectivity index (χ2v) is 8.71.